The maximum atomic E-state index is 6.40. The number of hydrogen-bond donors (Lipinski definition) is 1. The molecule has 0 bridgehead atoms. The molecule has 0 saturated heterocycles. The molecule has 20 heavy (non-hydrogen) atoms. The lowest BCUT2D eigenvalue weighted by Gasteiger charge is -2.21. The maximum absolute atomic E-state index is 6.40. The van der Waals surface area contributed by atoms with Crippen LogP contribution in [-0.2, 0) is 0 Å². The highest BCUT2D eigenvalue weighted by molar-refractivity contribution is 14.1. The number of halogens is 2. The standard InChI is InChI=1S/C16H17ClINO/c1-10-5-4-6-13(15(10)18)16(19-2)12-8-7-11(20-3)9-14(12)17/h4-9,16,19H,1-3H3. The average Bonchev–Trinajstić information content (AvgIpc) is 2.45. The summed E-state index contributed by atoms with van der Waals surface area (Å²) in [7, 11) is 3.59. The predicted octanol–water partition coefficient (Wildman–Crippen LogP) is 4.57. The summed E-state index contributed by atoms with van der Waals surface area (Å²) in [6.07, 6.45) is 0. The van der Waals surface area contributed by atoms with Crippen LogP contribution in [0.2, 0.25) is 5.02 Å². The zero-order valence-corrected chi connectivity index (χ0v) is 14.6. The van der Waals surface area contributed by atoms with Gasteiger partial charge in [-0.2, -0.15) is 0 Å². The van der Waals surface area contributed by atoms with E-state index in [1.54, 1.807) is 7.11 Å². The normalized spacial score (nSPS) is 12.2. The van der Waals surface area contributed by atoms with Gasteiger partial charge in [0.25, 0.3) is 0 Å². The lowest BCUT2D eigenvalue weighted by atomic mass is 9.97. The minimum absolute atomic E-state index is 0.0696. The van der Waals surface area contributed by atoms with Crippen LogP contribution in [0.25, 0.3) is 0 Å². The number of benzene rings is 2. The molecule has 2 aromatic rings. The van der Waals surface area contributed by atoms with Crippen LogP contribution in [0.15, 0.2) is 36.4 Å². The summed E-state index contributed by atoms with van der Waals surface area (Å²) in [5.74, 6) is 0.771. The summed E-state index contributed by atoms with van der Waals surface area (Å²) in [5, 5.41) is 4.06. The summed E-state index contributed by atoms with van der Waals surface area (Å²) >= 11 is 8.79. The van der Waals surface area contributed by atoms with Gasteiger partial charge in [-0.15, -0.1) is 0 Å². The van der Waals surface area contributed by atoms with Crippen molar-refractivity contribution in [3.05, 3.63) is 61.7 Å². The molecule has 0 amide bonds. The molecule has 0 radical (unpaired) electrons. The Morgan fingerprint density at radius 2 is 1.95 bits per heavy atom. The summed E-state index contributed by atoms with van der Waals surface area (Å²) in [6.45, 7) is 2.12. The van der Waals surface area contributed by atoms with E-state index in [0.29, 0.717) is 5.02 Å². The molecule has 1 N–H and O–H groups in total. The zero-order chi connectivity index (χ0) is 14.7. The second-order valence-corrected chi connectivity index (χ2v) is 6.07. The first-order valence-corrected chi connectivity index (χ1v) is 7.80. The Balaban J connectivity index is 2.50. The smallest absolute Gasteiger partial charge is 0.120 e. The summed E-state index contributed by atoms with van der Waals surface area (Å²) in [4.78, 5) is 0. The summed E-state index contributed by atoms with van der Waals surface area (Å²) in [5.41, 5.74) is 3.56. The van der Waals surface area contributed by atoms with Crippen molar-refractivity contribution < 1.29 is 4.74 Å². The molecule has 4 heteroatoms. The van der Waals surface area contributed by atoms with Gasteiger partial charge in [0.15, 0.2) is 0 Å². The van der Waals surface area contributed by atoms with Crippen LogP contribution in [0.1, 0.15) is 22.7 Å². The van der Waals surface area contributed by atoms with Crippen molar-refractivity contribution in [3.8, 4) is 5.75 Å². The molecule has 1 unspecified atom stereocenters. The molecule has 106 valence electrons. The van der Waals surface area contributed by atoms with Crippen molar-refractivity contribution in [1.82, 2.24) is 5.32 Å². The van der Waals surface area contributed by atoms with Gasteiger partial charge in [0.2, 0.25) is 0 Å². The van der Waals surface area contributed by atoms with E-state index in [4.69, 9.17) is 16.3 Å². The van der Waals surface area contributed by atoms with E-state index in [1.165, 1.54) is 14.7 Å². The molecule has 2 rings (SSSR count). The minimum atomic E-state index is 0.0696. The highest BCUT2D eigenvalue weighted by atomic mass is 127. The Labute approximate surface area is 138 Å². The largest absolute Gasteiger partial charge is 0.497 e. The first-order chi connectivity index (χ1) is 9.58. The molecule has 0 heterocycles. The van der Waals surface area contributed by atoms with Gasteiger partial charge in [-0.1, -0.05) is 35.9 Å². The fourth-order valence-corrected chi connectivity index (χ4v) is 3.19. The van der Waals surface area contributed by atoms with Gasteiger partial charge in [-0.25, -0.2) is 0 Å². The highest BCUT2D eigenvalue weighted by Gasteiger charge is 2.18. The quantitative estimate of drug-likeness (QED) is 0.758. The lowest BCUT2D eigenvalue weighted by Crippen LogP contribution is -2.19. The molecular formula is C16H17ClINO. The van der Waals surface area contributed by atoms with Gasteiger partial charge in [-0.3, -0.25) is 0 Å². The van der Waals surface area contributed by atoms with E-state index in [-0.39, 0.29) is 6.04 Å². The third kappa shape index (κ3) is 3.10. The van der Waals surface area contributed by atoms with Gasteiger partial charge < -0.3 is 10.1 Å². The number of aryl methyl sites for hydroxylation is 1. The van der Waals surface area contributed by atoms with E-state index in [1.807, 2.05) is 25.2 Å². The second-order valence-electron chi connectivity index (χ2n) is 4.59. The third-order valence-corrected chi connectivity index (χ3v) is 5.14. The van der Waals surface area contributed by atoms with Crippen LogP contribution in [-0.4, -0.2) is 14.2 Å². The van der Waals surface area contributed by atoms with Crippen LogP contribution in [0.4, 0.5) is 0 Å². The van der Waals surface area contributed by atoms with Gasteiger partial charge >= 0.3 is 0 Å². The van der Waals surface area contributed by atoms with E-state index in [2.05, 4.69) is 53.0 Å². The molecule has 2 aromatic carbocycles. The van der Waals surface area contributed by atoms with E-state index in [0.717, 1.165) is 11.3 Å². The zero-order valence-electron chi connectivity index (χ0n) is 11.7. The third-order valence-electron chi connectivity index (χ3n) is 3.34. The van der Waals surface area contributed by atoms with Crippen molar-refractivity contribution in [2.24, 2.45) is 0 Å². The van der Waals surface area contributed by atoms with Crippen LogP contribution in [0, 0.1) is 10.5 Å². The number of methoxy groups -OCH3 is 1. The van der Waals surface area contributed by atoms with E-state index in [9.17, 15) is 0 Å². The topological polar surface area (TPSA) is 21.3 Å². The molecule has 0 aliphatic carbocycles. The number of ether oxygens (including phenoxy) is 1. The highest BCUT2D eigenvalue weighted by Crippen LogP contribution is 2.33. The first-order valence-electron chi connectivity index (χ1n) is 6.34. The van der Waals surface area contributed by atoms with Gasteiger partial charge in [0, 0.05) is 8.59 Å². The van der Waals surface area contributed by atoms with Crippen LogP contribution < -0.4 is 10.1 Å². The monoisotopic (exact) mass is 401 g/mol. The number of hydrogen-bond acceptors (Lipinski definition) is 2. The van der Waals surface area contributed by atoms with Crippen molar-refractivity contribution in [2.75, 3.05) is 14.2 Å². The van der Waals surface area contributed by atoms with Crippen LogP contribution >= 0.6 is 34.2 Å². The second kappa shape index (κ2) is 6.78. The number of rotatable bonds is 4. The Morgan fingerprint density at radius 3 is 2.55 bits per heavy atom. The summed E-state index contributed by atoms with van der Waals surface area (Å²) in [6, 6.07) is 12.2. The Bertz CT molecular complexity index is 615. The fraction of sp³-hybridized carbons (Fsp3) is 0.250. The van der Waals surface area contributed by atoms with E-state index >= 15 is 0 Å². The molecule has 2 nitrogen and oxygen atoms in total. The van der Waals surface area contributed by atoms with Crippen molar-refractivity contribution >= 4 is 34.2 Å². The Hall–Kier alpha value is -0.780. The van der Waals surface area contributed by atoms with Gasteiger partial charge in [0.1, 0.15) is 5.75 Å². The summed E-state index contributed by atoms with van der Waals surface area (Å²) < 4.78 is 6.47. The first kappa shape index (κ1) is 15.6. The van der Waals surface area contributed by atoms with Gasteiger partial charge in [-0.05, 0) is 65.4 Å². The molecule has 0 saturated carbocycles. The minimum Gasteiger partial charge on any atom is -0.497 e. The molecule has 0 aromatic heterocycles. The van der Waals surface area contributed by atoms with E-state index < -0.39 is 0 Å². The van der Waals surface area contributed by atoms with Crippen molar-refractivity contribution in [2.45, 2.75) is 13.0 Å². The molecule has 0 fully saturated rings. The lowest BCUT2D eigenvalue weighted by molar-refractivity contribution is 0.414. The molecule has 0 spiro atoms. The SMILES string of the molecule is CNC(c1ccc(OC)cc1Cl)c1cccc(C)c1I. The molecule has 1 atom stereocenters. The Kier molecular flexibility index (Phi) is 5.29. The fourth-order valence-electron chi connectivity index (χ4n) is 2.24. The molecule has 0 aliphatic heterocycles. The number of nitrogens with one attached hydrogen (secondary N) is 1. The molecular weight excluding hydrogens is 385 g/mol. The van der Waals surface area contributed by atoms with Gasteiger partial charge in [0.05, 0.1) is 13.2 Å². The Morgan fingerprint density at radius 1 is 1.20 bits per heavy atom. The maximum Gasteiger partial charge on any atom is 0.120 e. The van der Waals surface area contributed by atoms with Crippen molar-refractivity contribution in [3.63, 3.8) is 0 Å². The predicted molar refractivity (Wildman–Crippen MR) is 92.8 cm³/mol. The van der Waals surface area contributed by atoms with Crippen molar-refractivity contribution in [1.29, 1.82) is 0 Å². The molecule has 0 aliphatic rings. The average molecular weight is 402 g/mol. The van der Waals surface area contributed by atoms with Crippen LogP contribution in [0.5, 0.6) is 5.75 Å². The van der Waals surface area contributed by atoms with Crippen LogP contribution in [0.3, 0.4) is 0 Å².